The second-order valence-corrected chi connectivity index (χ2v) is 4.87. The smallest absolute Gasteiger partial charge is 0.354 e. The van der Waals surface area contributed by atoms with Crippen LogP contribution in [0, 0.1) is 5.41 Å². The molecule has 0 atom stereocenters. The second-order valence-electron chi connectivity index (χ2n) is 4.87. The summed E-state index contributed by atoms with van der Waals surface area (Å²) in [6.07, 6.45) is 1.60. The Kier molecular flexibility index (Phi) is 3.25. The van der Waals surface area contributed by atoms with Crippen LogP contribution in [0.15, 0.2) is 18.3 Å². The van der Waals surface area contributed by atoms with E-state index in [4.69, 9.17) is 10.1 Å². The molecule has 0 spiro atoms. The number of hydrogen-bond donors (Lipinski definition) is 3. The minimum atomic E-state index is -0.480. The highest BCUT2D eigenvalue weighted by Gasteiger charge is 2.16. The summed E-state index contributed by atoms with van der Waals surface area (Å²) in [5, 5.41) is 12.3. The molecule has 7 heteroatoms. The van der Waals surface area contributed by atoms with Gasteiger partial charge in [0.05, 0.1) is 28.7 Å². The van der Waals surface area contributed by atoms with Crippen molar-refractivity contribution in [2.45, 2.75) is 13.8 Å². The van der Waals surface area contributed by atoms with Gasteiger partial charge in [0.2, 0.25) is 5.91 Å². The first-order chi connectivity index (χ1) is 10.5. The fourth-order valence-corrected chi connectivity index (χ4v) is 2.46. The fraction of sp³-hybridized carbons (Fsp3) is 0.200. The van der Waals surface area contributed by atoms with E-state index < -0.39 is 5.97 Å². The monoisotopic (exact) mass is 298 g/mol. The molecule has 1 aromatic carbocycles. The minimum absolute atomic E-state index is 0.212. The molecule has 1 amide bonds. The van der Waals surface area contributed by atoms with Gasteiger partial charge in [0.25, 0.3) is 0 Å². The highest BCUT2D eigenvalue weighted by molar-refractivity contribution is 6.15. The molecular formula is C15H14N4O3. The lowest BCUT2D eigenvalue weighted by Crippen LogP contribution is -2.12. The number of benzene rings is 1. The predicted octanol–water partition coefficient (Wildman–Crippen LogP) is 1.77. The van der Waals surface area contributed by atoms with E-state index in [-0.39, 0.29) is 23.6 Å². The quantitative estimate of drug-likeness (QED) is 0.640. The molecule has 0 fully saturated rings. The average molecular weight is 298 g/mol. The van der Waals surface area contributed by atoms with E-state index in [0.29, 0.717) is 27.5 Å². The van der Waals surface area contributed by atoms with E-state index in [9.17, 15) is 9.59 Å². The van der Waals surface area contributed by atoms with Crippen molar-refractivity contribution in [3.63, 3.8) is 0 Å². The Morgan fingerprint density at radius 3 is 2.86 bits per heavy atom. The Hall–Kier alpha value is -2.96. The highest BCUT2D eigenvalue weighted by atomic mass is 16.5. The molecule has 2 aromatic heterocycles. The molecule has 0 unspecified atom stereocenters. The second kappa shape index (κ2) is 5.10. The maximum absolute atomic E-state index is 12.0. The predicted molar refractivity (Wildman–Crippen MR) is 80.9 cm³/mol. The van der Waals surface area contributed by atoms with Gasteiger partial charge in [0.15, 0.2) is 0 Å². The van der Waals surface area contributed by atoms with Gasteiger partial charge in [0, 0.05) is 23.9 Å². The van der Waals surface area contributed by atoms with Crippen LogP contribution in [0.1, 0.15) is 24.3 Å². The molecule has 22 heavy (non-hydrogen) atoms. The van der Waals surface area contributed by atoms with E-state index in [0.717, 1.165) is 0 Å². The van der Waals surface area contributed by atoms with Crippen LogP contribution in [0.3, 0.4) is 0 Å². The van der Waals surface area contributed by atoms with Gasteiger partial charge in [-0.2, -0.15) is 0 Å². The third-order valence-electron chi connectivity index (χ3n) is 3.29. The van der Waals surface area contributed by atoms with Crippen LogP contribution < -0.4 is 10.7 Å². The number of aromatic nitrogens is 2. The van der Waals surface area contributed by atoms with Gasteiger partial charge >= 0.3 is 5.97 Å². The molecular weight excluding hydrogens is 284 g/mol. The number of hydrogen-bond acceptors (Lipinski definition) is 5. The van der Waals surface area contributed by atoms with Crippen LogP contribution >= 0.6 is 0 Å². The molecule has 0 aliphatic heterocycles. The summed E-state index contributed by atoms with van der Waals surface area (Å²) in [7, 11) is 0. The summed E-state index contributed by atoms with van der Waals surface area (Å²) >= 11 is 0. The van der Waals surface area contributed by atoms with Crippen LogP contribution in [0.25, 0.3) is 21.8 Å². The van der Waals surface area contributed by atoms with E-state index in [1.165, 1.54) is 13.0 Å². The minimum Gasteiger partial charge on any atom is -0.461 e. The SMILES string of the molecule is CCOC(=O)c1cc2cnc3c(=N)cc(NC(C)=O)c([nH]1)c23. The molecule has 3 aromatic rings. The molecule has 3 rings (SSSR count). The van der Waals surface area contributed by atoms with Crippen LogP contribution in [-0.2, 0) is 9.53 Å². The number of aromatic amines is 1. The van der Waals surface area contributed by atoms with Crippen molar-refractivity contribution in [3.8, 4) is 0 Å². The Bertz CT molecular complexity index is 945. The van der Waals surface area contributed by atoms with E-state index in [1.54, 1.807) is 19.2 Å². The Morgan fingerprint density at radius 1 is 1.41 bits per heavy atom. The van der Waals surface area contributed by atoms with Crippen molar-refractivity contribution in [2.24, 2.45) is 0 Å². The molecule has 3 N–H and O–H groups in total. The van der Waals surface area contributed by atoms with Gasteiger partial charge in [0.1, 0.15) is 5.69 Å². The first-order valence-corrected chi connectivity index (χ1v) is 6.78. The topological polar surface area (TPSA) is 108 Å². The standard InChI is InChI=1S/C15H14N4O3/c1-3-22-15(21)11-4-8-6-17-13-9(16)5-10(18-7(2)20)14(19-11)12(8)13/h4-6,16,19H,3H2,1-2H3,(H,18,20). The zero-order valence-corrected chi connectivity index (χ0v) is 12.1. The van der Waals surface area contributed by atoms with Crippen LogP contribution in [-0.4, -0.2) is 28.5 Å². The van der Waals surface area contributed by atoms with Crippen molar-refractivity contribution >= 4 is 39.4 Å². The lowest BCUT2D eigenvalue weighted by molar-refractivity contribution is -0.114. The molecule has 0 bridgehead atoms. The van der Waals surface area contributed by atoms with E-state index in [1.807, 2.05) is 0 Å². The van der Waals surface area contributed by atoms with E-state index in [2.05, 4.69) is 15.3 Å². The summed E-state index contributed by atoms with van der Waals surface area (Å²) in [5.74, 6) is -0.740. The number of H-pyrrole nitrogens is 1. The first kappa shape index (κ1) is 14.0. The van der Waals surface area contributed by atoms with Gasteiger partial charge in [-0.1, -0.05) is 0 Å². The lowest BCUT2D eigenvalue weighted by Gasteiger charge is -2.10. The average Bonchev–Trinajstić information content (AvgIpc) is 2.88. The number of esters is 1. The van der Waals surface area contributed by atoms with Crippen LogP contribution in [0.2, 0.25) is 0 Å². The number of nitrogens with one attached hydrogen (secondary N) is 3. The summed E-state index contributed by atoms with van der Waals surface area (Å²) < 4.78 is 5.00. The largest absolute Gasteiger partial charge is 0.461 e. The van der Waals surface area contributed by atoms with Crippen LogP contribution in [0.5, 0.6) is 0 Å². The number of anilines is 1. The van der Waals surface area contributed by atoms with Gasteiger partial charge < -0.3 is 15.0 Å². The molecule has 0 saturated heterocycles. The molecule has 0 aliphatic carbocycles. The number of pyridine rings is 1. The third-order valence-corrected chi connectivity index (χ3v) is 3.29. The first-order valence-electron chi connectivity index (χ1n) is 6.78. The zero-order valence-electron chi connectivity index (χ0n) is 12.1. The van der Waals surface area contributed by atoms with E-state index >= 15 is 0 Å². The van der Waals surface area contributed by atoms with Gasteiger partial charge in [-0.25, -0.2) is 4.79 Å². The number of amides is 1. The van der Waals surface area contributed by atoms with Crippen molar-refractivity contribution in [2.75, 3.05) is 11.9 Å². The van der Waals surface area contributed by atoms with Crippen LogP contribution in [0.4, 0.5) is 5.69 Å². The van der Waals surface area contributed by atoms with Crippen molar-refractivity contribution in [1.29, 1.82) is 5.41 Å². The van der Waals surface area contributed by atoms with Gasteiger partial charge in [-0.05, 0) is 19.1 Å². The normalized spacial score (nSPS) is 11.0. The van der Waals surface area contributed by atoms with Gasteiger partial charge in [-0.3, -0.25) is 15.2 Å². The molecule has 7 nitrogen and oxygen atoms in total. The maximum atomic E-state index is 12.0. The highest BCUT2D eigenvalue weighted by Crippen LogP contribution is 2.29. The van der Waals surface area contributed by atoms with Crippen molar-refractivity contribution in [3.05, 3.63) is 29.4 Å². The zero-order chi connectivity index (χ0) is 15.9. The summed E-state index contributed by atoms with van der Waals surface area (Å²) in [6, 6.07) is 3.15. The molecule has 0 aliphatic rings. The Morgan fingerprint density at radius 2 is 2.18 bits per heavy atom. The summed E-state index contributed by atoms with van der Waals surface area (Å²) in [4.78, 5) is 30.5. The van der Waals surface area contributed by atoms with Crippen molar-refractivity contribution in [1.82, 2.24) is 9.97 Å². The number of rotatable bonds is 3. The molecule has 2 heterocycles. The maximum Gasteiger partial charge on any atom is 0.354 e. The van der Waals surface area contributed by atoms with Gasteiger partial charge in [-0.15, -0.1) is 0 Å². The van der Waals surface area contributed by atoms with Crippen molar-refractivity contribution < 1.29 is 14.3 Å². The molecule has 0 radical (unpaired) electrons. The number of carbonyl (C=O) groups excluding carboxylic acids is 2. The molecule has 112 valence electrons. The molecule has 0 saturated carbocycles. The lowest BCUT2D eigenvalue weighted by atomic mass is 10.1. The summed E-state index contributed by atoms with van der Waals surface area (Å²) in [5.41, 5.74) is 1.78. The number of nitrogens with zero attached hydrogens (tertiary/aromatic N) is 1. The Labute approximate surface area is 125 Å². The summed E-state index contributed by atoms with van der Waals surface area (Å²) in [6.45, 7) is 3.38. The fourth-order valence-electron chi connectivity index (χ4n) is 2.46. The third kappa shape index (κ3) is 2.16. The Balaban J connectivity index is 2.33. The number of ether oxygens (including phenoxy) is 1. The number of carbonyl (C=O) groups is 2.